The summed E-state index contributed by atoms with van der Waals surface area (Å²) in [6.45, 7) is 5.57. The lowest BCUT2D eigenvalue weighted by molar-refractivity contribution is -0.130. The highest BCUT2D eigenvalue weighted by atomic mass is 35.5. The van der Waals surface area contributed by atoms with Gasteiger partial charge in [0.1, 0.15) is 0 Å². The maximum atomic E-state index is 12.5. The molecule has 162 valence electrons. The van der Waals surface area contributed by atoms with Crippen LogP contribution in [0, 0.1) is 0 Å². The Morgan fingerprint density at radius 3 is 2.39 bits per heavy atom. The van der Waals surface area contributed by atoms with Gasteiger partial charge in [0.05, 0.1) is 12.2 Å². The van der Waals surface area contributed by atoms with E-state index in [0.29, 0.717) is 23.7 Å². The van der Waals surface area contributed by atoms with Gasteiger partial charge in [0, 0.05) is 61.1 Å². The number of benzene rings is 2. The van der Waals surface area contributed by atoms with Crippen LogP contribution in [0.3, 0.4) is 0 Å². The summed E-state index contributed by atoms with van der Waals surface area (Å²) in [7, 11) is 0. The molecule has 31 heavy (non-hydrogen) atoms. The lowest BCUT2D eigenvalue weighted by Crippen LogP contribution is -2.51. The van der Waals surface area contributed by atoms with E-state index in [-0.39, 0.29) is 18.4 Å². The van der Waals surface area contributed by atoms with Crippen molar-refractivity contribution in [1.82, 2.24) is 10.2 Å². The minimum absolute atomic E-state index is 0.00658. The van der Waals surface area contributed by atoms with Gasteiger partial charge in [0.25, 0.3) is 5.91 Å². The van der Waals surface area contributed by atoms with Gasteiger partial charge in [-0.25, -0.2) is 0 Å². The van der Waals surface area contributed by atoms with Crippen molar-refractivity contribution in [3.63, 3.8) is 0 Å². The second kappa shape index (κ2) is 9.39. The normalized spacial score (nSPS) is 16.3. The van der Waals surface area contributed by atoms with Crippen molar-refractivity contribution in [3.05, 3.63) is 59.1 Å². The number of carbonyl (C=O) groups excluding carboxylic acids is 2. The van der Waals surface area contributed by atoms with Crippen LogP contribution in [0.15, 0.2) is 53.6 Å². The molecular formula is C23H26ClN5O2. The largest absolute Gasteiger partial charge is 0.368 e. The van der Waals surface area contributed by atoms with Crippen LogP contribution in [0.4, 0.5) is 11.4 Å². The highest BCUT2D eigenvalue weighted by Crippen LogP contribution is 2.21. The molecule has 0 bridgehead atoms. The van der Waals surface area contributed by atoms with Crippen LogP contribution in [0.1, 0.15) is 23.7 Å². The predicted octanol–water partition coefficient (Wildman–Crippen LogP) is 3.00. The van der Waals surface area contributed by atoms with E-state index in [2.05, 4.69) is 15.3 Å². The van der Waals surface area contributed by atoms with Gasteiger partial charge in [-0.3, -0.25) is 14.6 Å². The number of amides is 2. The van der Waals surface area contributed by atoms with Gasteiger partial charge in [0.15, 0.2) is 0 Å². The SMILES string of the molecule is CC1=NN(c2ccc(C(=O)NCC(=O)N3CCN(c4cccc(Cl)c4)CC3)cc2)CC1. The zero-order valence-corrected chi connectivity index (χ0v) is 18.3. The first kappa shape index (κ1) is 21.2. The molecule has 2 aliphatic rings. The maximum Gasteiger partial charge on any atom is 0.251 e. The third kappa shape index (κ3) is 5.17. The lowest BCUT2D eigenvalue weighted by atomic mass is 10.2. The van der Waals surface area contributed by atoms with Crippen LogP contribution in [0.5, 0.6) is 0 Å². The summed E-state index contributed by atoms with van der Waals surface area (Å²) in [6, 6.07) is 15.0. The van der Waals surface area contributed by atoms with E-state index < -0.39 is 0 Å². The van der Waals surface area contributed by atoms with Crippen molar-refractivity contribution in [2.45, 2.75) is 13.3 Å². The Labute approximate surface area is 187 Å². The van der Waals surface area contributed by atoms with Gasteiger partial charge in [-0.15, -0.1) is 0 Å². The van der Waals surface area contributed by atoms with E-state index in [1.807, 2.05) is 48.3 Å². The Morgan fingerprint density at radius 1 is 1.00 bits per heavy atom. The Kier molecular flexibility index (Phi) is 6.42. The number of halogens is 1. The fourth-order valence-corrected chi connectivity index (χ4v) is 3.99. The molecular weight excluding hydrogens is 414 g/mol. The van der Waals surface area contributed by atoms with E-state index in [1.165, 1.54) is 0 Å². The zero-order valence-electron chi connectivity index (χ0n) is 17.6. The minimum Gasteiger partial charge on any atom is -0.368 e. The van der Waals surface area contributed by atoms with E-state index in [9.17, 15) is 9.59 Å². The second-order valence-corrected chi connectivity index (χ2v) is 8.22. The molecule has 2 aromatic carbocycles. The summed E-state index contributed by atoms with van der Waals surface area (Å²) in [6.07, 6.45) is 0.956. The Hall–Kier alpha value is -3.06. The van der Waals surface area contributed by atoms with Crippen LogP contribution >= 0.6 is 11.6 Å². The van der Waals surface area contributed by atoms with Crippen LogP contribution in [0.2, 0.25) is 5.02 Å². The van der Waals surface area contributed by atoms with Crippen LogP contribution < -0.4 is 15.2 Å². The highest BCUT2D eigenvalue weighted by molar-refractivity contribution is 6.30. The molecule has 1 N–H and O–H groups in total. The van der Waals surface area contributed by atoms with Gasteiger partial charge in [-0.1, -0.05) is 17.7 Å². The monoisotopic (exact) mass is 439 g/mol. The van der Waals surface area contributed by atoms with Crippen molar-refractivity contribution in [2.75, 3.05) is 49.2 Å². The molecule has 2 aromatic rings. The Bertz CT molecular complexity index is 984. The summed E-state index contributed by atoms with van der Waals surface area (Å²) in [5.41, 5.74) is 3.66. The highest BCUT2D eigenvalue weighted by Gasteiger charge is 2.22. The van der Waals surface area contributed by atoms with Crippen LogP contribution in [-0.4, -0.2) is 61.7 Å². The molecule has 0 aromatic heterocycles. The van der Waals surface area contributed by atoms with E-state index in [4.69, 9.17) is 11.6 Å². The quantitative estimate of drug-likeness (QED) is 0.777. The fourth-order valence-electron chi connectivity index (χ4n) is 3.80. The molecule has 1 fully saturated rings. The van der Waals surface area contributed by atoms with E-state index in [0.717, 1.165) is 43.1 Å². The van der Waals surface area contributed by atoms with Crippen molar-refractivity contribution in [1.29, 1.82) is 0 Å². The lowest BCUT2D eigenvalue weighted by Gasteiger charge is -2.36. The first-order chi connectivity index (χ1) is 15.0. The van der Waals surface area contributed by atoms with Crippen LogP contribution in [0.25, 0.3) is 0 Å². The first-order valence-electron chi connectivity index (χ1n) is 10.5. The summed E-state index contributed by atoms with van der Waals surface area (Å²) in [5, 5.41) is 9.84. The summed E-state index contributed by atoms with van der Waals surface area (Å²) >= 11 is 6.07. The van der Waals surface area contributed by atoms with Crippen molar-refractivity contribution < 1.29 is 9.59 Å². The van der Waals surface area contributed by atoms with Gasteiger partial charge >= 0.3 is 0 Å². The third-order valence-electron chi connectivity index (χ3n) is 5.61. The average Bonchev–Trinajstić information content (AvgIpc) is 3.24. The average molecular weight is 440 g/mol. The molecule has 0 radical (unpaired) electrons. The van der Waals surface area contributed by atoms with E-state index >= 15 is 0 Å². The Morgan fingerprint density at radius 2 is 1.74 bits per heavy atom. The smallest absolute Gasteiger partial charge is 0.251 e. The van der Waals surface area contributed by atoms with Gasteiger partial charge in [-0.05, 0) is 49.4 Å². The minimum atomic E-state index is -0.251. The van der Waals surface area contributed by atoms with E-state index in [1.54, 1.807) is 17.0 Å². The van der Waals surface area contributed by atoms with Crippen molar-refractivity contribution in [3.8, 4) is 0 Å². The molecule has 0 atom stereocenters. The molecule has 4 rings (SSSR count). The van der Waals surface area contributed by atoms with Crippen LogP contribution in [-0.2, 0) is 4.79 Å². The summed E-state index contributed by atoms with van der Waals surface area (Å²) in [5.74, 6) is -0.323. The molecule has 0 spiro atoms. The number of anilines is 2. The number of hydrogen-bond acceptors (Lipinski definition) is 5. The van der Waals surface area contributed by atoms with Crippen molar-refractivity contribution in [2.24, 2.45) is 5.10 Å². The molecule has 8 heteroatoms. The first-order valence-corrected chi connectivity index (χ1v) is 10.9. The van der Waals surface area contributed by atoms with Gasteiger partial charge in [-0.2, -0.15) is 5.10 Å². The Balaban J connectivity index is 1.25. The van der Waals surface area contributed by atoms with Gasteiger partial charge in [0.2, 0.25) is 5.91 Å². The number of piperazine rings is 1. The standard InChI is InChI=1S/C23H26ClN5O2/c1-17-9-10-29(26-17)20-7-5-18(6-8-20)23(31)25-16-22(30)28-13-11-27(12-14-28)21-4-2-3-19(24)15-21/h2-8,15H,9-14,16H2,1H3,(H,25,31). The number of rotatable bonds is 5. The zero-order chi connectivity index (χ0) is 21.8. The predicted molar refractivity (Wildman–Crippen MR) is 124 cm³/mol. The number of hydrogen-bond donors (Lipinski definition) is 1. The third-order valence-corrected chi connectivity index (χ3v) is 5.85. The maximum absolute atomic E-state index is 12.5. The summed E-state index contributed by atoms with van der Waals surface area (Å²) in [4.78, 5) is 29.0. The molecule has 2 amide bonds. The molecule has 0 saturated carbocycles. The second-order valence-electron chi connectivity index (χ2n) is 7.79. The van der Waals surface area contributed by atoms with Gasteiger partial charge < -0.3 is 15.1 Å². The molecule has 7 nitrogen and oxygen atoms in total. The molecule has 2 aliphatic heterocycles. The molecule has 1 saturated heterocycles. The molecule has 0 unspecified atom stereocenters. The number of nitrogens with zero attached hydrogens (tertiary/aromatic N) is 4. The topological polar surface area (TPSA) is 68.2 Å². The van der Waals surface area contributed by atoms with Crippen molar-refractivity contribution >= 4 is 40.5 Å². The summed E-state index contributed by atoms with van der Waals surface area (Å²) < 4.78 is 0. The molecule has 0 aliphatic carbocycles. The number of carbonyl (C=O) groups is 2. The fraction of sp³-hybridized carbons (Fsp3) is 0.348. The molecule has 2 heterocycles. The number of nitrogens with one attached hydrogen (secondary N) is 1. The number of hydrazone groups is 1.